The fourth-order valence-electron chi connectivity index (χ4n) is 3.79. The van der Waals surface area contributed by atoms with E-state index in [9.17, 15) is 22.8 Å². The number of halogens is 3. The molecule has 2 saturated heterocycles. The Labute approximate surface area is 180 Å². The van der Waals surface area contributed by atoms with Crippen LogP contribution >= 0.6 is 11.3 Å². The SMILES string of the molecule is Cc1cccc(CN2C(=O)C[C@@H]3[C@@H]2CCN3C(=O)c2cccs2)n1.O=C(O)C(F)(F)F. The number of carbonyl (C=O) groups excluding carboxylic acids is 2. The van der Waals surface area contributed by atoms with Crippen LogP contribution in [0.15, 0.2) is 35.7 Å². The molecule has 166 valence electrons. The highest BCUT2D eigenvalue weighted by atomic mass is 32.1. The number of aryl methyl sites for hydroxylation is 1. The minimum Gasteiger partial charge on any atom is -0.475 e. The monoisotopic (exact) mass is 455 g/mol. The van der Waals surface area contributed by atoms with Gasteiger partial charge in [-0.25, -0.2) is 4.79 Å². The number of aliphatic carboxylic acids is 1. The fourth-order valence-corrected chi connectivity index (χ4v) is 4.47. The molecule has 2 amide bonds. The van der Waals surface area contributed by atoms with E-state index in [0.717, 1.165) is 29.2 Å². The minimum atomic E-state index is -5.08. The Morgan fingerprint density at radius 3 is 2.52 bits per heavy atom. The van der Waals surface area contributed by atoms with E-state index in [-0.39, 0.29) is 23.9 Å². The summed E-state index contributed by atoms with van der Waals surface area (Å²) in [6.45, 7) is 3.20. The predicted octanol–water partition coefficient (Wildman–Crippen LogP) is 3.10. The van der Waals surface area contributed by atoms with Crippen LogP contribution in [0, 0.1) is 6.92 Å². The summed E-state index contributed by atoms with van der Waals surface area (Å²) < 4.78 is 31.7. The first-order chi connectivity index (χ1) is 14.6. The molecule has 7 nitrogen and oxygen atoms in total. The van der Waals surface area contributed by atoms with Gasteiger partial charge in [0.25, 0.3) is 5.91 Å². The lowest BCUT2D eigenvalue weighted by Gasteiger charge is -2.25. The van der Waals surface area contributed by atoms with E-state index in [0.29, 0.717) is 13.0 Å². The second kappa shape index (κ2) is 9.04. The number of hydrogen-bond donors (Lipinski definition) is 1. The Hall–Kier alpha value is -2.95. The lowest BCUT2D eigenvalue weighted by Crippen LogP contribution is -2.39. The van der Waals surface area contributed by atoms with Crippen molar-refractivity contribution < 1.29 is 32.7 Å². The van der Waals surface area contributed by atoms with Crippen molar-refractivity contribution in [2.24, 2.45) is 0 Å². The van der Waals surface area contributed by atoms with Crippen LogP contribution in [-0.4, -0.2) is 62.5 Å². The van der Waals surface area contributed by atoms with Crippen LogP contribution in [0.1, 0.15) is 33.9 Å². The summed E-state index contributed by atoms with van der Waals surface area (Å²) >= 11 is 1.46. The molecule has 2 aliphatic heterocycles. The van der Waals surface area contributed by atoms with Gasteiger partial charge in [0.2, 0.25) is 5.91 Å². The molecule has 0 aromatic carbocycles. The number of fused-ring (bicyclic) bond motifs is 1. The molecular formula is C20H20F3N3O4S. The fraction of sp³-hybridized carbons (Fsp3) is 0.400. The number of nitrogens with zero attached hydrogens (tertiary/aromatic N) is 3. The Balaban J connectivity index is 0.000000339. The average Bonchev–Trinajstić information content (AvgIpc) is 3.40. The Morgan fingerprint density at radius 2 is 1.94 bits per heavy atom. The van der Waals surface area contributed by atoms with Gasteiger partial charge in [-0.2, -0.15) is 13.2 Å². The quantitative estimate of drug-likeness (QED) is 0.768. The average molecular weight is 455 g/mol. The molecule has 0 spiro atoms. The molecule has 0 aliphatic carbocycles. The minimum absolute atomic E-state index is 0.00286. The molecule has 11 heteroatoms. The number of alkyl halides is 3. The molecule has 2 fully saturated rings. The van der Waals surface area contributed by atoms with Crippen molar-refractivity contribution in [2.45, 2.75) is 44.6 Å². The van der Waals surface area contributed by atoms with E-state index < -0.39 is 12.1 Å². The van der Waals surface area contributed by atoms with Crippen molar-refractivity contribution in [1.29, 1.82) is 0 Å². The van der Waals surface area contributed by atoms with E-state index in [1.165, 1.54) is 11.3 Å². The molecule has 2 aromatic rings. The summed E-state index contributed by atoms with van der Waals surface area (Å²) in [4.78, 5) is 43.1. The maximum absolute atomic E-state index is 12.7. The van der Waals surface area contributed by atoms with Gasteiger partial charge >= 0.3 is 12.1 Å². The van der Waals surface area contributed by atoms with Crippen molar-refractivity contribution in [2.75, 3.05) is 6.54 Å². The number of amides is 2. The first-order valence-electron chi connectivity index (χ1n) is 9.44. The normalized spacial score (nSPS) is 20.3. The first-order valence-corrected chi connectivity index (χ1v) is 10.3. The van der Waals surface area contributed by atoms with E-state index in [1.54, 1.807) is 0 Å². The van der Waals surface area contributed by atoms with Gasteiger partial charge in [0.05, 0.1) is 29.2 Å². The second-order valence-electron chi connectivity index (χ2n) is 7.20. The lowest BCUT2D eigenvalue weighted by atomic mass is 10.1. The maximum atomic E-state index is 12.7. The van der Waals surface area contributed by atoms with E-state index in [2.05, 4.69) is 4.98 Å². The Kier molecular flexibility index (Phi) is 6.63. The largest absolute Gasteiger partial charge is 0.490 e. The number of rotatable bonds is 3. The lowest BCUT2D eigenvalue weighted by molar-refractivity contribution is -0.192. The third-order valence-corrected chi connectivity index (χ3v) is 5.99. The second-order valence-corrected chi connectivity index (χ2v) is 8.15. The molecule has 2 aliphatic rings. The van der Waals surface area contributed by atoms with Crippen molar-refractivity contribution in [3.63, 3.8) is 0 Å². The number of aromatic nitrogens is 1. The van der Waals surface area contributed by atoms with Crippen LogP contribution in [0.25, 0.3) is 0 Å². The topological polar surface area (TPSA) is 90.8 Å². The molecule has 0 saturated carbocycles. The summed E-state index contributed by atoms with van der Waals surface area (Å²) in [7, 11) is 0. The summed E-state index contributed by atoms with van der Waals surface area (Å²) in [6.07, 6.45) is -3.81. The number of likely N-dealkylation sites (tertiary alicyclic amines) is 2. The molecule has 2 aromatic heterocycles. The maximum Gasteiger partial charge on any atom is 0.490 e. The zero-order chi connectivity index (χ0) is 22.8. The van der Waals surface area contributed by atoms with E-state index >= 15 is 0 Å². The Morgan fingerprint density at radius 1 is 1.23 bits per heavy atom. The highest BCUT2D eigenvalue weighted by Gasteiger charge is 2.48. The van der Waals surface area contributed by atoms with Gasteiger partial charge in [0.15, 0.2) is 0 Å². The van der Waals surface area contributed by atoms with Gasteiger partial charge in [-0.15, -0.1) is 11.3 Å². The van der Waals surface area contributed by atoms with Crippen molar-refractivity contribution >= 4 is 29.1 Å². The summed E-state index contributed by atoms with van der Waals surface area (Å²) in [5.74, 6) is -2.58. The van der Waals surface area contributed by atoms with E-state index in [1.807, 2.05) is 52.4 Å². The zero-order valence-electron chi connectivity index (χ0n) is 16.5. The van der Waals surface area contributed by atoms with Gasteiger partial charge in [-0.05, 0) is 36.9 Å². The molecule has 0 bridgehead atoms. The standard InChI is InChI=1S/C18H19N3O2S.C2HF3O2/c1-12-4-2-5-13(19-12)11-21-14-7-8-20(15(14)10-17(21)22)18(23)16-6-3-9-24-16;3-2(4,5)1(6)7/h2-6,9,14-15H,7-8,10-11H2,1H3;(H,6,7)/t14-,15+;/m0./s1. The van der Waals surface area contributed by atoms with Crippen LogP contribution in [0.4, 0.5) is 13.2 Å². The highest BCUT2D eigenvalue weighted by molar-refractivity contribution is 7.12. The molecule has 1 N–H and O–H groups in total. The number of thiophene rings is 1. The summed E-state index contributed by atoms with van der Waals surface area (Å²) in [5.41, 5.74) is 1.86. The molecule has 0 radical (unpaired) electrons. The number of pyridine rings is 1. The third kappa shape index (κ3) is 5.22. The molecule has 4 heterocycles. The smallest absolute Gasteiger partial charge is 0.475 e. The van der Waals surface area contributed by atoms with Gasteiger partial charge in [-0.3, -0.25) is 14.6 Å². The van der Waals surface area contributed by atoms with Gasteiger partial charge in [0.1, 0.15) is 0 Å². The molecule has 0 unspecified atom stereocenters. The molecule has 2 atom stereocenters. The molecular weight excluding hydrogens is 435 g/mol. The number of hydrogen-bond acceptors (Lipinski definition) is 5. The highest BCUT2D eigenvalue weighted by Crippen LogP contribution is 2.34. The van der Waals surface area contributed by atoms with Crippen molar-refractivity contribution in [3.05, 3.63) is 52.0 Å². The van der Waals surface area contributed by atoms with E-state index in [4.69, 9.17) is 9.90 Å². The van der Waals surface area contributed by atoms with Gasteiger partial charge in [0, 0.05) is 18.7 Å². The van der Waals surface area contributed by atoms with Crippen LogP contribution in [0.5, 0.6) is 0 Å². The zero-order valence-corrected chi connectivity index (χ0v) is 17.3. The van der Waals surface area contributed by atoms with Crippen LogP contribution in [-0.2, 0) is 16.1 Å². The van der Waals surface area contributed by atoms with Gasteiger partial charge in [-0.1, -0.05) is 12.1 Å². The molecule has 4 rings (SSSR count). The van der Waals surface area contributed by atoms with Crippen LogP contribution in [0.3, 0.4) is 0 Å². The van der Waals surface area contributed by atoms with Crippen molar-refractivity contribution in [3.8, 4) is 0 Å². The Bertz CT molecular complexity index is 965. The number of carboxylic acid groups (broad SMARTS) is 1. The summed E-state index contributed by atoms with van der Waals surface area (Å²) in [5, 5.41) is 9.04. The van der Waals surface area contributed by atoms with Gasteiger partial charge < -0.3 is 14.9 Å². The summed E-state index contributed by atoms with van der Waals surface area (Å²) in [6, 6.07) is 9.73. The third-order valence-electron chi connectivity index (χ3n) is 5.13. The van der Waals surface area contributed by atoms with Crippen molar-refractivity contribution in [1.82, 2.24) is 14.8 Å². The number of carbonyl (C=O) groups is 3. The first kappa shape index (κ1) is 22.7. The predicted molar refractivity (Wildman–Crippen MR) is 105 cm³/mol. The van der Waals surface area contributed by atoms with Crippen LogP contribution in [0.2, 0.25) is 0 Å². The van der Waals surface area contributed by atoms with Crippen LogP contribution < -0.4 is 0 Å². The number of carboxylic acids is 1. The molecule has 31 heavy (non-hydrogen) atoms.